The first-order valence-corrected chi connectivity index (χ1v) is 8.67. The summed E-state index contributed by atoms with van der Waals surface area (Å²) in [6.07, 6.45) is -0.822. The Hall–Kier alpha value is -2.57. The van der Waals surface area contributed by atoms with Gasteiger partial charge in [0.25, 0.3) is 5.91 Å². The van der Waals surface area contributed by atoms with Crippen LogP contribution in [0.2, 0.25) is 5.02 Å². The number of carbonyl (C=O) groups is 2. The van der Waals surface area contributed by atoms with E-state index in [1.807, 2.05) is 55.4 Å². The summed E-state index contributed by atoms with van der Waals surface area (Å²) in [6.45, 7) is 0. The van der Waals surface area contributed by atoms with Crippen LogP contribution in [0.1, 0.15) is 11.6 Å². The second-order valence-corrected chi connectivity index (χ2v) is 7.07. The molecule has 0 radical (unpaired) electrons. The number of rotatable bonds is 3. The Labute approximate surface area is 156 Å². The summed E-state index contributed by atoms with van der Waals surface area (Å²) in [5, 5.41) is 4.62. The lowest BCUT2D eigenvalue weighted by molar-refractivity contribution is -0.129. The number of carbonyl (C=O) groups excluding carboxylic acids is 2. The van der Waals surface area contributed by atoms with Crippen molar-refractivity contribution >= 4 is 34.8 Å². The number of benzene rings is 2. The highest BCUT2D eigenvalue weighted by atomic mass is 35.5. The lowest BCUT2D eigenvalue weighted by atomic mass is 9.90. The van der Waals surface area contributed by atoms with Crippen LogP contribution in [0.4, 0.5) is 11.4 Å². The van der Waals surface area contributed by atoms with Gasteiger partial charge in [0.2, 0.25) is 5.91 Å². The summed E-state index contributed by atoms with van der Waals surface area (Å²) in [7, 11) is 3.93. The molecule has 0 unspecified atom stereocenters. The lowest BCUT2D eigenvalue weighted by Crippen LogP contribution is -2.33. The number of hydrogen-bond acceptors (Lipinski definition) is 5. The molecule has 2 amide bonds. The molecule has 2 saturated heterocycles. The molecule has 3 atom stereocenters. The zero-order valence-electron chi connectivity index (χ0n) is 14.3. The topological polar surface area (TPSA) is 61.9 Å². The molecule has 6 nitrogen and oxygen atoms in total. The van der Waals surface area contributed by atoms with Crippen LogP contribution in [0.15, 0.2) is 48.5 Å². The molecule has 26 heavy (non-hydrogen) atoms. The van der Waals surface area contributed by atoms with Gasteiger partial charge in [-0.05, 0) is 42.0 Å². The van der Waals surface area contributed by atoms with E-state index in [1.165, 1.54) is 0 Å². The van der Waals surface area contributed by atoms with Crippen LogP contribution >= 0.6 is 11.6 Å². The molecule has 2 heterocycles. The first-order chi connectivity index (χ1) is 12.5. The van der Waals surface area contributed by atoms with Gasteiger partial charge in [0.1, 0.15) is 5.92 Å². The maximum atomic E-state index is 12.4. The maximum absolute atomic E-state index is 12.4. The zero-order chi connectivity index (χ0) is 18.4. The molecule has 0 aromatic heterocycles. The number of nitrogens with zero attached hydrogens (tertiary/aromatic N) is 2. The molecular formula is C19H18ClN3O3. The Morgan fingerprint density at radius 1 is 1.00 bits per heavy atom. The molecule has 0 aliphatic carbocycles. The summed E-state index contributed by atoms with van der Waals surface area (Å²) in [6, 6.07) is 14.6. The summed E-state index contributed by atoms with van der Waals surface area (Å²) in [5.74, 6) is -1.30. The number of anilines is 2. The molecule has 2 aromatic carbocycles. The van der Waals surface area contributed by atoms with E-state index in [1.54, 1.807) is 17.2 Å². The van der Waals surface area contributed by atoms with Crippen molar-refractivity contribution in [3.63, 3.8) is 0 Å². The van der Waals surface area contributed by atoms with E-state index in [9.17, 15) is 9.59 Å². The summed E-state index contributed by atoms with van der Waals surface area (Å²) in [4.78, 5) is 32.4. The third kappa shape index (κ3) is 2.71. The largest absolute Gasteiger partial charge is 0.378 e. The fourth-order valence-corrected chi connectivity index (χ4v) is 3.58. The van der Waals surface area contributed by atoms with Crippen molar-refractivity contribution in [2.24, 2.45) is 5.92 Å². The van der Waals surface area contributed by atoms with Crippen molar-refractivity contribution in [3.05, 3.63) is 59.1 Å². The molecule has 0 saturated carbocycles. The number of nitrogens with one attached hydrogen (secondary N) is 1. The highest BCUT2D eigenvalue weighted by molar-refractivity contribution is 6.30. The fraction of sp³-hybridized carbons (Fsp3) is 0.263. The zero-order valence-corrected chi connectivity index (χ0v) is 15.1. The molecule has 2 aliphatic heterocycles. The Morgan fingerprint density at radius 2 is 1.65 bits per heavy atom. The highest BCUT2D eigenvalue weighted by Gasteiger charge is 2.56. The number of hydrogen-bond donors (Lipinski definition) is 1. The minimum absolute atomic E-state index is 0.307. The van der Waals surface area contributed by atoms with Gasteiger partial charge in [-0.15, -0.1) is 0 Å². The molecule has 1 N–H and O–H groups in total. The van der Waals surface area contributed by atoms with Crippen molar-refractivity contribution in [2.45, 2.75) is 12.1 Å². The van der Waals surface area contributed by atoms with Crippen LogP contribution in [-0.4, -0.2) is 32.0 Å². The van der Waals surface area contributed by atoms with E-state index >= 15 is 0 Å². The first kappa shape index (κ1) is 16.9. The van der Waals surface area contributed by atoms with Gasteiger partial charge in [-0.1, -0.05) is 23.7 Å². The van der Waals surface area contributed by atoms with Crippen LogP contribution in [-0.2, 0) is 14.4 Å². The molecule has 134 valence electrons. The second kappa shape index (κ2) is 6.30. The van der Waals surface area contributed by atoms with Crippen molar-refractivity contribution in [3.8, 4) is 0 Å². The van der Waals surface area contributed by atoms with E-state index in [4.69, 9.17) is 16.4 Å². The standard InChI is InChI=1S/C19H18ClN3O3/c1-22(2)13-7-3-11(4-8-13)16-15-17(19(25)21-18(15)24)26-23(16)14-9-5-12(20)6-10-14/h3-10,15-17H,1-2H3,(H,21,24,25)/t15-,16+,17+/m1/s1. The Morgan fingerprint density at radius 3 is 2.27 bits per heavy atom. The van der Waals surface area contributed by atoms with Crippen LogP contribution in [0.5, 0.6) is 0 Å². The summed E-state index contributed by atoms with van der Waals surface area (Å²) >= 11 is 5.98. The molecule has 7 heteroatoms. The van der Waals surface area contributed by atoms with Crippen molar-refractivity contribution in [1.29, 1.82) is 0 Å². The minimum Gasteiger partial charge on any atom is -0.378 e. The van der Waals surface area contributed by atoms with Crippen molar-refractivity contribution < 1.29 is 14.4 Å². The van der Waals surface area contributed by atoms with Gasteiger partial charge < -0.3 is 4.90 Å². The predicted molar refractivity (Wildman–Crippen MR) is 99.0 cm³/mol. The number of halogens is 1. The van der Waals surface area contributed by atoms with Crippen LogP contribution in [0.25, 0.3) is 0 Å². The summed E-state index contributed by atoms with van der Waals surface area (Å²) < 4.78 is 0. The van der Waals surface area contributed by atoms with Crippen LogP contribution in [0, 0.1) is 5.92 Å². The second-order valence-electron chi connectivity index (χ2n) is 6.64. The summed E-state index contributed by atoms with van der Waals surface area (Å²) in [5.41, 5.74) is 2.70. The Bertz CT molecular complexity index is 851. The van der Waals surface area contributed by atoms with E-state index in [0.29, 0.717) is 5.02 Å². The quantitative estimate of drug-likeness (QED) is 0.840. The number of fused-ring (bicyclic) bond motifs is 1. The molecule has 0 spiro atoms. The average molecular weight is 372 g/mol. The average Bonchev–Trinajstić information content (AvgIpc) is 3.14. The lowest BCUT2D eigenvalue weighted by Gasteiger charge is -2.27. The van der Waals surface area contributed by atoms with E-state index < -0.39 is 24.0 Å². The molecule has 0 bridgehead atoms. The van der Waals surface area contributed by atoms with Gasteiger partial charge >= 0.3 is 0 Å². The first-order valence-electron chi connectivity index (χ1n) is 8.29. The Balaban J connectivity index is 1.76. The monoisotopic (exact) mass is 371 g/mol. The van der Waals surface area contributed by atoms with E-state index in [-0.39, 0.29) is 5.91 Å². The Kier molecular flexibility index (Phi) is 4.09. The smallest absolute Gasteiger partial charge is 0.259 e. The van der Waals surface area contributed by atoms with E-state index in [0.717, 1.165) is 16.9 Å². The molecular weight excluding hydrogens is 354 g/mol. The van der Waals surface area contributed by atoms with Gasteiger partial charge in [-0.2, -0.15) is 0 Å². The SMILES string of the molecule is CN(C)c1ccc([C@H]2[C@H]3C(=O)NC(=O)[C@H]3ON2c2ccc(Cl)cc2)cc1. The van der Waals surface area contributed by atoms with Crippen LogP contribution in [0.3, 0.4) is 0 Å². The molecule has 2 aromatic rings. The third-order valence-corrected chi connectivity index (χ3v) is 5.04. The third-order valence-electron chi connectivity index (χ3n) is 4.79. The number of imide groups is 1. The van der Waals surface area contributed by atoms with Gasteiger partial charge in [0, 0.05) is 24.8 Å². The fourth-order valence-electron chi connectivity index (χ4n) is 3.45. The maximum Gasteiger partial charge on any atom is 0.259 e. The minimum atomic E-state index is -0.822. The molecule has 4 rings (SSSR count). The van der Waals surface area contributed by atoms with Crippen LogP contribution < -0.4 is 15.3 Å². The van der Waals surface area contributed by atoms with Crippen molar-refractivity contribution in [2.75, 3.05) is 24.1 Å². The predicted octanol–water partition coefficient (Wildman–Crippen LogP) is 2.54. The highest BCUT2D eigenvalue weighted by Crippen LogP contribution is 2.44. The normalized spacial score (nSPS) is 24.6. The van der Waals surface area contributed by atoms with E-state index in [2.05, 4.69) is 5.32 Å². The van der Waals surface area contributed by atoms with Gasteiger partial charge in [-0.3, -0.25) is 19.7 Å². The molecule has 2 aliphatic rings. The van der Waals surface area contributed by atoms with Gasteiger partial charge in [0.05, 0.1) is 11.7 Å². The number of hydroxylamine groups is 1. The molecule has 2 fully saturated rings. The number of amides is 2. The van der Waals surface area contributed by atoms with Gasteiger partial charge in [-0.25, -0.2) is 5.06 Å². The van der Waals surface area contributed by atoms with Gasteiger partial charge in [0.15, 0.2) is 6.10 Å². The van der Waals surface area contributed by atoms with Crippen molar-refractivity contribution in [1.82, 2.24) is 5.32 Å².